The number of carbonyl (C=O) groups excluding carboxylic acids is 1. The zero-order chi connectivity index (χ0) is 22.6. The summed E-state index contributed by atoms with van der Waals surface area (Å²) in [6, 6.07) is 0. The number of hydrogen-bond donors (Lipinski definition) is 1. The Balaban J connectivity index is 2.76. The fourth-order valence-corrected chi connectivity index (χ4v) is 2.72. The van der Waals surface area contributed by atoms with Crippen LogP contribution in [0.25, 0.3) is 0 Å². The highest BCUT2D eigenvalue weighted by Gasteiger charge is 2.44. The first-order chi connectivity index (χ1) is 14.0. The third-order valence-corrected chi connectivity index (χ3v) is 4.03. The van der Waals surface area contributed by atoms with Crippen molar-refractivity contribution in [2.45, 2.75) is 39.5 Å². The second-order valence-corrected chi connectivity index (χ2v) is 6.24. The molecule has 0 aliphatic rings. The molecule has 0 radical (unpaired) electrons. The highest BCUT2D eigenvalue weighted by Crippen LogP contribution is 2.25. The molecule has 14 heteroatoms. The predicted molar refractivity (Wildman–Crippen MR) is 98.1 cm³/mol. The number of hydrogen-bond acceptors (Lipinski definition) is 8. The third kappa shape index (κ3) is 4.69. The summed E-state index contributed by atoms with van der Waals surface area (Å²) >= 11 is 0. The Kier molecular flexibility index (Phi) is 7.02. The van der Waals surface area contributed by atoms with Crippen molar-refractivity contribution in [3.8, 4) is 0 Å². The summed E-state index contributed by atoms with van der Waals surface area (Å²) in [6.45, 7) is 1.78. The average Bonchev–Trinajstić information content (AvgIpc) is 3.08. The van der Waals surface area contributed by atoms with E-state index in [1.807, 2.05) is 0 Å². The van der Waals surface area contributed by atoms with Crippen LogP contribution < -0.4 is 21.9 Å². The number of rotatable bonds is 8. The van der Waals surface area contributed by atoms with Crippen molar-refractivity contribution >= 4 is 17.4 Å². The molecule has 11 nitrogen and oxygen atoms in total. The van der Waals surface area contributed by atoms with E-state index in [2.05, 4.69) is 10.1 Å². The van der Waals surface area contributed by atoms with E-state index < -0.39 is 47.9 Å². The quantitative estimate of drug-likeness (QED) is 0.625. The summed E-state index contributed by atoms with van der Waals surface area (Å²) in [5.74, 6) is -2.75. The van der Waals surface area contributed by atoms with E-state index in [1.54, 1.807) is 6.92 Å². The molecule has 0 aliphatic heterocycles. The number of ether oxygens (including phenoxy) is 1. The van der Waals surface area contributed by atoms with Crippen molar-refractivity contribution in [3.05, 3.63) is 32.6 Å². The first-order valence-electron chi connectivity index (χ1n) is 8.82. The highest BCUT2D eigenvalue weighted by atomic mass is 19.4. The molecule has 0 saturated carbocycles. The molecule has 0 unspecified atom stereocenters. The number of alkyl halides is 3. The minimum absolute atomic E-state index is 0.000859. The second kappa shape index (κ2) is 9.11. The smallest absolute Gasteiger partial charge is 0.383 e. The number of methoxy groups -OCH3 is 1. The maximum Gasteiger partial charge on any atom is 0.471 e. The lowest BCUT2D eigenvalue weighted by Gasteiger charge is -2.26. The maximum absolute atomic E-state index is 13.2. The molecule has 2 aromatic rings. The van der Waals surface area contributed by atoms with Crippen LogP contribution in [0.4, 0.5) is 24.7 Å². The molecule has 0 aliphatic carbocycles. The average molecular weight is 434 g/mol. The standard InChI is InChI=1S/C16H21F3N6O5/c1-4-5-24-12(20)11(23(6-7-29-3)14(27)16(17,18)19)13(26)25(15(24)28)8-10-21-9(2)22-30-10/h4-8,20H2,1-3H3. The molecule has 0 bridgehead atoms. The molecule has 0 spiro atoms. The van der Waals surface area contributed by atoms with E-state index in [9.17, 15) is 27.6 Å². The number of nitrogen functional groups attached to an aromatic ring is 1. The molecule has 166 valence electrons. The van der Waals surface area contributed by atoms with Crippen molar-refractivity contribution in [1.82, 2.24) is 19.3 Å². The first-order valence-corrected chi connectivity index (χ1v) is 8.82. The number of halogens is 3. The van der Waals surface area contributed by atoms with Crippen LogP contribution in [0.1, 0.15) is 25.1 Å². The summed E-state index contributed by atoms with van der Waals surface area (Å²) in [4.78, 5) is 41.8. The van der Waals surface area contributed by atoms with Gasteiger partial charge in [-0.2, -0.15) is 18.2 Å². The van der Waals surface area contributed by atoms with Gasteiger partial charge in [-0.1, -0.05) is 12.1 Å². The van der Waals surface area contributed by atoms with Crippen LogP contribution in [0.15, 0.2) is 14.1 Å². The van der Waals surface area contributed by atoms with Gasteiger partial charge in [0.05, 0.1) is 6.61 Å². The zero-order valence-corrected chi connectivity index (χ0v) is 16.5. The minimum Gasteiger partial charge on any atom is -0.383 e. The number of aromatic nitrogens is 4. The maximum atomic E-state index is 13.2. The lowest BCUT2D eigenvalue weighted by molar-refractivity contribution is -0.170. The number of carbonyl (C=O) groups is 1. The lowest BCUT2D eigenvalue weighted by atomic mass is 10.3. The van der Waals surface area contributed by atoms with Gasteiger partial charge in [0.1, 0.15) is 12.4 Å². The van der Waals surface area contributed by atoms with E-state index in [0.29, 0.717) is 11.0 Å². The number of aryl methyl sites for hydroxylation is 1. The zero-order valence-electron chi connectivity index (χ0n) is 16.5. The molecular weight excluding hydrogens is 413 g/mol. The van der Waals surface area contributed by atoms with E-state index in [0.717, 1.165) is 4.57 Å². The third-order valence-electron chi connectivity index (χ3n) is 4.03. The fraction of sp³-hybridized carbons (Fsp3) is 0.562. The fourth-order valence-electron chi connectivity index (χ4n) is 2.72. The van der Waals surface area contributed by atoms with Gasteiger partial charge >= 0.3 is 17.8 Å². The van der Waals surface area contributed by atoms with Crippen molar-refractivity contribution in [1.29, 1.82) is 0 Å². The molecule has 2 N–H and O–H groups in total. The van der Waals surface area contributed by atoms with Gasteiger partial charge in [-0.05, 0) is 13.3 Å². The van der Waals surface area contributed by atoms with Gasteiger partial charge in [0.2, 0.25) is 5.89 Å². The van der Waals surface area contributed by atoms with Crippen LogP contribution in [0.5, 0.6) is 0 Å². The van der Waals surface area contributed by atoms with E-state index in [-0.39, 0.29) is 29.8 Å². The monoisotopic (exact) mass is 434 g/mol. The minimum atomic E-state index is -5.28. The summed E-state index contributed by atoms with van der Waals surface area (Å²) in [7, 11) is 1.22. The van der Waals surface area contributed by atoms with Crippen LogP contribution in [-0.4, -0.2) is 51.6 Å². The van der Waals surface area contributed by atoms with Crippen molar-refractivity contribution < 1.29 is 27.2 Å². The van der Waals surface area contributed by atoms with Gasteiger partial charge in [0.25, 0.3) is 5.56 Å². The molecule has 0 fully saturated rings. The molecule has 0 atom stereocenters. The summed E-state index contributed by atoms with van der Waals surface area (Å²) < 4.78 is 50.7. The molecule has 2 aromatic heterocycles. The van der Waals surface area contributed by atoms with Gasteiger partial charge in [-0.3, -0.25) is 19.1 Å². The van der Waals surface area contributed by atoms with Crippen molar-refractivity contribution in [2.75, 3.05) is 30.9 Å². The Morgan fingerprint density at radius 3 is 2.47 bits per heavy atom. The SMILES string of the molecule is CCCn1c(N)c(N(CCOC)C(=O)C(F)(F)F)c(=O)n(Cc2nc(C)no2)c1=O. The van der Waals surface area contributed by atoms with E-state index in [1.165, 1.54) is 14.0 Å². The number of anilines is 2. The number of amides is 1. The van der Waals surface area contributed by atoms with Crippen LogP contribution in [0.2, 0.25) is 0 Å². The Hall–Kier alpha value is -3.16. The first kappa shape index (κ1) is 23.1. The van der Waals surface area contributed by atoms with Gasteiger partial charge < -0.3 is 15.0 Å². The summed E-state index contributed by atoms with van der Waals surface area (Å²) in [5.41, 5.74) is 3.02. The molecule has 30 heavy (non-hydrogen) atoms. The normalized spacial score (nSPS) is 11.7. The molecule has 2 rings (SSSR count). The van der Waals surface area contributed by atoms with Crippen LogP contribution in [0.3, 0.4) is 0 Å². The summed E-state index contributed by atoms with van der Waals surface area (Å²) in [6.07, 6.45) is -4.90. The Labute approximate surface area is 167 Å². The van der Waals surface area contributed by atoms with Gasteiger partial charge in [-0.25, -0.2) is 9.36 Å². The topological polar surface area (TPSA) is 138 Å². The van der Waals surface area contributed by atoms with Gasteiger partial charge in [0.15, 0.2) is 11.5 Å². The predicted octanol–water partition coefficient (Wildman–Crippen LogP) is 0.284. The molecule has 0 aromatic carbocycles. The van der Waals surface area contributed by atoms with Gasteiger partial charge in [-0.15, -0.1) is 0 Å². The molecule has 1 amide bonds. The number of nitrogens with two attached hydrogens (primary N) is 1. The van der Waals surface area contributed by atoms with Crippen LogP contribution in [-0.2, 0) is 22.6 Å². The summed E-state index contributed by atoms with van der Waals surface area (Å²) in [5, 5.41) is 3.54. The second-order valence-electron chi connectivity index (χ2n) is 6.24. The highest BCUT2D eigenvalue weighted by molar-refractivity contribution is 5.99. The molecule has 2 heterocycles. The van der Waals surface area contributed by atoms with Crippen molar-refractivity contribution in [2.24, 2.45) is 0 Å². The number of nitrogens with zero attached hydrogens (tertiary/aromatic N) is 5. The van der Waals surface area contributed by atoms with Gasteiger partial charge in [0, 0.05) is 20.2 Å². The van der Waals surface area contributed by atoms with Crippen LogP contribution in [0, 0.1) is 6.92 Å². The Bertz CT molecular complexity index is 1030. The van der Waals surface area contributed by atoms with Crippen LogP contribution >= 0.6 is 0 Å². The Morgan fingerprint density at radius 1 is 1.30 bits per heavy atom. The molecule has 0 saturated heterocycles. The van der Waals surface area contributed by atoms with E-state index >= 15 is 0 Å². The van der Waals surface area contributed by atoms with E-state index in [4.69, 9.17) is 15.0 Å². The largest absolute Gasteiger partial charge is 0.471 e. The molecular formula is C16H21F3N6O5. The Morgan fingerprint density at radius 2 is 1.97 bits per heavy atom. The lowest BCUT2D eigenvalue weighted by Crippen LogP contribution is -2.50. The van der Waals surface area contributed by atoms with Crippen molar-refractivity contribution in [3.63, 3.8) is 0 Å².